The molecule has 0 saturated carbocycles. The van der Waals surface area contributed by atoms with Gasteiger partial charge in [-0.3, -0.25) is 4.79 Å². The molecule has 0 saturated heterocycles. The molecule has 5 heteroatoms. The lowest BCUT2D eigenvalue weighted by Crippen LogP contribution is -2.15. The van der Waals surface area contributed by atoms with E-state index in [0.29, 0.717) is 10.6 Å². The van der Waals surface area contributed by atoms with Gasteiger partial charge in [-0.05, 0) is 49.2 Å². The molecule has 0 aliphatic carbocycles. The van der Waals surface area contributed by atoms with Gasteiger partial charge in [0.05, 0.1) is 11.3 Å². The number of hydrogen-bond donors (Lipinski definition) is 2. The van der Waals surface area contributed by atoms with E-state index in [1.165, 1.54) is 18.2 Å². The number of carboxylic acid groups (broad SMARTS) is 1. The summed E-state index contributed by atoms with van der Waals surface area (Å²) in [5, 5.41) is 12.1. The van der Waals surface area contributed by atoms with Crippen LogP contribution in [0, 0.1) is 6.92 Å². The van der Waals surface area contributed by atoms with Gasteiger partial charge in [0.1, 0.15) is 0 Å². The molecule has 0 aliphatic rings. The van der Waals surface area contributed by atoms with E-state index < -0.39 is 5.97 Å². The largest absolute Gasteiger partial charge is 0.478 e. The van der Waals surface area contributed by atoms with E-state index in [1.54, 1.807) is 13.0 Å². The molecule has 0 radical (unpaired) electrons. The van der Waals surface area contributed by atoms with Crippen molar-refractivity contribution in [1.82, 2.24) is 0 Å². The Hall–Kier alpha value is -2.59. The normalized spacial score (nSPS) is 11.2. The number of rotatable bonds is 4. The molecule has 0 fully saturated rings. The molecule has 0 aliphatic heterocycles. The van der Waals surface area contributed by atoms with Gasteiger partial charge in [0, 0.05) is 10.6 Å². The summed E-state index contributed by atoms with van der Waals surface area (Å²) in [5.41, 5.74) is 2.62. The number of carbonyl (C=O) groups is 2. The fourth-order valence-electron chi connectivity index (χ4n) is 2.07. The van der Waals surface area contributed by atoms with Gasteiger partial charge < -0.3 is 10.4 Å². The van der Waals surface area contributed by atoms with Crippen molar-refractivity contribution in [3.63, 3.8) is 0 Å². The van der Waals surface area contributed by atoms with E-state index in [9.17, 15) is 14.7 Å². The van der Waals surface area contributed by atoms with Gasteiger partial charge in [-0.25, -0.2) is 4.79 Å². The maximum Gasteiger partial charge on any atom is 0.337 e. The van der Waals surface area contributed by atoms with Gasteiger partial charge in [0.25, 0.3) is 5.91 Å². The van der Waals surface area contributed by atoms with Crippen LogP contribution in [0.25, 0.3) is 6.08 Å². The SMILES string of the molecule is C/C(=C\c1ccccc1C)C(=O)Nc1cc(Cl)ccc1C(=O)O. The highest BCUT2D eigenvalue weighted by Gasteiger charge is 2.14. The fourth-order valence-corrected chi connectivity index (χ4v) is 2.25. The maximum absolute atomic E-state index is 12.3. The number of nitrogens with one attached hydrogen (secondary N) is 1. The van der Waals surface area contributed by atoms with E-state index in [2.05, 4.69) is 5.32 Å². The third-order valence-electron chi connectivity index (χ3n) is 3.38. The highest BCUT2D eigenvalue weighted by Crippen LogP contribution is 2.22. The third kappa shape index (κ3) is 4.20. The Morgan fingerprint density at radius 3 is 2.52 bits per heavy atom. The molecule has 0 spiro atoms. The summed E-state index contributed by atoms with van der Waals surface area (Å²) in [6, 6.07) is 11.9. The van der Waals surface area contributed by atoms with Gasteiger partial charge in [-0.2, -0.15) is 0 Å². The number of carboxylic acids is 1. The average Bonchev–Trinajstić information content (AvgIpc) is 2.49. The van der Waals surface area contributed by atoms with Crippen molar-refractivity contribution in [2.45, 2.75) is 13.8 Å². The molecule has 0 bridgehead atoms. The number of amides is 1. The van der Waals surface area contributed by atoms with Crippen molar-refractivity contribution in [3.05, 3.63) is 69.8 Å². The molecule has 0 atom stereocenters. The van der Waals surface area contributed by atoms with E-state index in [4.69, 9.17) is 11.6 Å². The van der Waals surface area contributed by atoms with Crippen molar-refractivity contribution < 1.29 is 14.7 Å². The van der Waals surface area contributed by atoms with E-state index in [1.807, 2.05) is 31.2 Å². The minimum atomic E-state index is -1.13. The number of carbonyl (C=O) groups excluding carboxylic acids is 1. The zero-order chi connectivity index (χ0) is 17.0. The van der Waals surface area contributed by atoms with Crippen LogP contribution >= 0.6 is 11.6 Å². The first-order valence-corrected chi connectivity index (χ1v) is 7.34. The number of aromatic carboxylic acids is 1. The van der Waals surface area contributed by atoms with Crippen molar-refractivity contribution in [1.29, 1.82) is 0 Å². The Labute approximate surface area is 139 Å². The quantitative estimate of drug-likeness (QED) is 0.817. The minimum absolute atomic E-state index is 0.00792. The first kappa shape index (κ1) is 16.8. The van der Waals surface area contributed by atoms with Gasteiger partial charge in [0.15, 0.2) is 0 Å². The molecule has 118 valence electrons. The first-order chi connectivity index (χ1) is 10.9. The molecule has 4 nitrogen and oxygen atoms in total. The summed E-state index contributed by atoms with van der Waals surface area (Å²) in [7, 11) is 0. The Kier molecular flexibility index (Phi) is 5.19. The Balaban J connectivity index is 2.27. The van der Waals surface area contributed by atoms with E-state index in [0.717, 1.165) is 11.1 Å². The van der Waals surface area contributed by atoms with Crippen molar-refractivity contribution >= 4 is 35.2 Å². The van der Waals surface area contributed by atoms with Crippen LogP contribution in [0.4, 0.5) is 5.69 Å². The molecular formula is C18H16ClNO3. The molecular weight excluding hydrogens is 314 g/mol. The van der Waals surface area contributed by atoms with Gasteiger partial charge in [-0.15, -0.1) is 0 Å². The molecule has 0 heterocycles. The highest BCUT2D eigenvalue weighted by atomic mass is 35.5. The van der Waals surface area contributed by atoms with E-state index in [-0.39, 0.29) is 17.2 Å². The molecule has 1 amide bonds. The van der Waals surface area contributed by atoms with Crippen molar-refractivity contribution in [3.8, 4) is 0 Å². The van der Waals surface area contributed by atoms with Crippen LogP contribution in [0.15, 0.2) is 48.0 Å². The van der Waals surface area contributed by atoms with Gasteiger partial charge in [0.2, 0.25) is 0 Å². The predicted molar refractivity (Wildman–Crippen MR) is 91.9 cm³/mol. The summed E-state index contributed by atoms with van der Waals surface area (Å²) < 4.78 is 0. The Morgan fingerprint density at radius 2 is 1.87 bits per heavy atom. The molecule has 2 aromatic carbocycles. The predicted octanol–water partition coefficient (Wildman–Crippen LogP) is 4.39. The lowest BCUT2D eigenvalue weighted by molar-refractivity contribution is -0.112. The maximum atomic E-state index is 12.3. The van der Waals surface area contributed by atoms with Crippen molar-refractivity contribution in [2.75, 3.05) is 5.32 Å². The molecule has 23 heavy (non-hydrogen) atoms. The minimum Gasteiger partial charge on any atom is -0.478 e. The second kappa shape index (κ2) is 7.11. The van der Waals surface area contributed by atoms with Crippen LogP contribution in [-0.4, -0.2) is 17.0 Å². The second-order valence-electron chi connectivity index (χ2n) is 5.13. The zero-order valence-electron chi connectivity index (χ0n) is 12.8. The molecule has 2 N–H and O–H groups in total. The van der Waals surface area contributed by atoms with Crippen LogP contribution in [0.1, 0.15) is 28.4 Å². The number of benzene rings is 2. The number of anilines is 1. The van der Waals surface area contributed by atoms with Crippen LogP contribution in [0.2, 0.25) is 5.02 Å². The number of hydrogen-bond acceptors (Lipinski definition) is 2. The topological polar surface area (TPSA) is 66.4 Å². The molecule has 0 aromatic heterocycles. The monoisotopic (exact) mass is 329 g/mol. The smallest absolute Gasteiger partial charge is 0.337 e. The molecule has 2 aromatic rings. The molecule has 0 unspecified atom stereocenters. The summed E-state index contributed by atoms with van der Waals surface area (Å²) in [6.45, 7) is 3.63. The number of aryl methyl sites for hydroxylation is 1. The van der Waals surface area contributed by atoms with Crippen LogP contribution in [-0.2, 0) is 4.79 Å². The summed E-state index contributed by atoms with van der Waals surface area (Å²) in [5.74, 6) is -1.50. The summed E-state index contributed by atoms with van der Waals surface area (Å²) >= 11 is 5.88. The lowest BCUT2D eigenvalue weighted by Gasteiger charge is -2.10. The Morgan fingerprint density at radius 1 is 1.17 bits per heavy atom. The summed E-state index contributed by atoms with van der Waals surface area (Å²) in [6.07, 6.45) is 1.76. The third-order valence-corrected chi connectivity index (χ3v) is 3.61. The summed E-state index contributed by atoms with van der Waals surface area (Å²) in [4.78, 5) is 23.5. The van der Waals surface area contributed by atoms with Crippen LogP contribution < -0.4 is 5.32 Å². The first-order valence-electron chi connectivity index (χ1n) is 6.96. The van der Waals surface area contributed by atoms with Crippen LogP contribution in [0.3, 0.4) is 0 Å². The zero-order valence-corrected chi connectivity index (χ0v) is 13.5. The average molecular weight is 330 g/mol. The lowest BCUT2D eigenvalue weighted by atomic mass is 10.1. The van der Waals surface area contributed by atoms with Gasteiger partial charge in [-0.1, -0.05) is 35.9 Å². The second-order valence-corrected chi connectivity index (χ2v) is 5.57. The van der Waals surface area contributed by atoms with Crippen LogP contribution in [0.5, 0.6) is 0 Å². The fraction of sp³-hybridized carbons (Fsp3) is 0.111. The standard InChI is InChI=1S/C18H16ClNO3/c1-11-5-3-4-6-13(11)9-12(2)17(21)20-16-10-14(19)7-8-15(16)18(22)23/h3-10H,1-2H3,(H,20,21)(H,22,23)/b12-9+. The number of halogens is 1. The van der Waals surface area contributed by atoms with Gasteiger partial charge >= 0.3 is 5.97 Å². The van der Waals surface area contributed by atoms with E-state index >= 15 is 0 Å². The highest BCUT2D eigenvalue weighted by molar-refractivity contribution is 6.31. The Bertz CT molecular complexity index is 797. The van der Waals surface area contributed by atoms with Crippen molar-refractivity contribution in [2.24, 2.45) is 0 Å². The molecule has 2 rings (SSSR count).